The third kappa shape index (κ3) is 29.5. The molecule has 7 atom stereocenters. The number of hydrogen-bond acceptors (Lipinski definition) is 12. The van der Waals surface area contributed by atoms with E-state index in [0.29, 0.717) is 24.0 Å². The van der Waals surface area contributed by atoms with E-state index in [-0.39, 0.29) is 101 Å². The molecule has 26 nitrogen and oxygen atoms in total. The summed E-state index contributed by atoms with van der Waals surface area (Å²) >= 11 is 0. The van der Waals surface area contributed by atoms with Crippen LogP contribution in [0.1, 0.15) is 187 Å². The van der Waals surface area contributed by atoms with Crippen LogP contribution in [-0.2, 0) is 60.8 Å². The molecule has 0 unspecified atom stereocenters. The van der Waals surface area contributed by atoms with Gasteiger partial charge in [-0.25, -0.2) is 0 Å². The molecule has 26 heteroatoms. The molecular formula is C67H110N16O10. The number of aliphatic imine (C=N–C) groups is 2. The first kappa shape index (κ1) is 78.9. The van der Waals surface area contributed by atoms with E-state index in [9.17, 15) is 38.4 Å². The van der Waals surface area contributed by atoms with Gasteiger partial charge in [0.2, 0.25) is 59.1 Å². The third-order valence-corrected chi connectivity index (χ3v) is 16.6. The van der Waals surface area contributed by atoms with Crippen molar-refractivity contribution in [3.8, 4) is 0 Å². The zero-order valence-electron chi connectivity index (χ0n) is 56.3. The number of hydrogen-bond donors (Lipinski definition) is 11. The molecule has 1 aliphatic heterocycles. The number of nitrogens with one attached hydrogen (secondary N) is 5. The van der Waals surface area contributed by atoms with Gasteiger partial charge in [0.15, 0.2) is 11.9 Å². The Morgan fingerprint density at radius 2 is 1.05 bits per heavy atom. The number of nitrogens with zero attached hydrogens (tertiary/aromatic N) is 5. The molecule has 93 heavy (non-hydrogen) atoms. The minimum absolute atomic E-state index is 0.0136. The van der Waals surface area contributed by atoms with Gasteiger partial charge in [-0.2, -0.15) is 0 Å². The monoisotopic (exact) mass is 1300 g/mol. The summed E-state index contributed by atoms with van der Waals surface area (Å²) in [6.07, 6.45) is 15.7. The Morgan fingerprint density at radius 1 is 0.581 bits per heavy atom. The number of primary amides is 2. The van der Waals surface area contributed by atoms with Gasteiger partial charge in [0.25, 0.3) is 0 Å². The number of rotatable bonds is 45. The smallest absolute Gasteiger partial charge is 0.246 e. The minimum atomic E-state index is -1.44. The maximum absolute atomic E-state index is 15.3. The summed E-state index contributed by atoms with van der Waals surface area (Å²) in [6.45, 7) is 9.30. The lowest BCUT2D eigenvalue weighted by atomic mass is 9.98. The van der Waals surface area contributed by atoms with E-state index in [1.165, 1.54) is 81.7 Å². The van der Waals surface area contributed by atoms with E-state index in [1.807, 2.05) is 19.9 Å². The second-order valence-electron chi connectivity index (χ2n) is 25.5. The maximum atomic E-state index is 15.3. The second kappa shape index (κ2) is 42.0. The highest BCUT2D eigenvalue weighted by Crippen LogP contribution is 2.24. The molecule has 1 fully saturated rings. The average Bonchev–Trinajstić information content (AvgIpc) is 2.17. The highest BCUT2D eigenvalue weighted by atomic mass is 16.2. The summed E-state index contributed by atoms with van der Waals surface area (Å²) in [6, 6.07) is 8.90. The van der Waals surface area contributed by atoms with Crippen molar-refractivity contribution < 1.29 is 47.9 Å². The molecule has 0 bridgehead atoms. The number of likely N-dealkylation sites (tertiary alicyclic amines) is 1. The standard InChI is InChI=1S/C67H110N16O10/c1-8-9-10-11-12-13-14-15-16-17-18-19-26-37-56(85)80-67(4,5)64(93)79-50(42-46-30-22-20-23-31-46)59(88)77-49(41-45(2)3)58(87)78-51(43-47-32-24-21-25-33-47)62(91)81(6)53(35-28-39-75-66(72)73)63(92)83-40-29-36-52(83)60(89)76-48(34-27-38-74-65(70)71)61(90)82(7)54(57(69)86)44-55(68)84/h20-25,30-33,45,48-54H,8-19,26-29,34-44H2,1-7H3,(H2,68,84)(H2,69,86)(H,76,89)(H,77,88)(H,78,87)(H,79,93)(H,80,85)(H4,70,71,74)(H4,72,73,75)/t48-,49-,50-,51+,52+,53+,54-/m1/s1. The normalized spacial score (nSPS) is 14.8. The van der Waals surface area contributed by atoms with Crippen molar-refractivity contribution in [2.45, 2.75) is 237 Å². The molecule has 1 aliphatic rings. The Morgan fingerprint density at radius 3 is 1.56 bits per heavy atom. The fraction of sp³-hybridized carbons (Fsp3) is 0.642. The average molecular weight is 1300 g/mol. The number of amides is 10. The van der Waals surface area contributed by atoms with Crippen LogP contribution in [0.3, 0.4) is 0 Å². The predicted octanol–water partition coefficient (Wildman–Crippen LogP) is 2.95. The lowest BCUT2D eigenvalue weighted by Gasteiger charge is -2.36. The molecule has 2 aromatic rings. The minimum Gasteiger partial charge on any atom is -0.370 e. The van der Waals surface area contributed by atoms with Crippen LogP contribution in [-0.4, -0.2) is 167 Å². The van der Waals surface area contributed by atoms with Crippen LogP contribution in [0.2, 0.25) is 0 Å². The van der Waals surface area contributed by atoms with Crippen molar-refractivity contribution >= 4 is 71.0 Å². The van der Waals surface area contributed by atoms with E-state index in [0.717, 1.165) is 24.2 Å². The van der Waals surface area contributed by atoms with Gasteiger partial charge in [0.05, 0.1) is 6.42 Å². The Hall–Kier alpha value is -8.32. The summed E-state index contributed by atoms with van der Waals surface area (Å²) in [5.41, 5.74) is 33.2. The number of benzene rings is 2. The molecule has 3 rings (SSSR count). The first-order valence-corrected chi connectivity index (χ1v) is 33.3. The molecule has 2 aromatic carbocycles. The molecule has 1 saturated heterocycles. The summed E-state index contributed by atoms with van der Waals surface area (Å²) < 4.78 is 0. The van der Waals surface area contributed by atoms with E-state index >= 15 is 9.59 Å². The first-order valence-electron chi connectivity index (χ1n) is 33.3. The Bertz CT molecular complexity index is 2760. The van der Waals surface area contributed by atoms with Crippen LogP contribution >= 0.6 is 0 Å². The van der Waals surface area contributed by atoms with Gasteiger partial charge in [0, 0.05) is 53.0 Å². The molecular weight excluding hydrogens is 1190 g/mol. The number of unbranched alkanes of at least 4 members (excludes halogenated alkanes) is 12. The lowest BCUT2D eigenvalue weighted by Crippen LogP contribution is -2.62. The quantitative estimate of drug-likeness (QED) is 0.0258. The number of carbonyl (C=O) groups is 10. The lowest BCUT2D eigenvalue weighted by molar-refractivity contribution is -0.149. The zero-order chi connectivity index (χ0) is 69.0. The zero-order valence-corrected chi connectivity index (χ0v) is 56.3. The van der Waals surface area contributed by atoms with Crippen molar-refractivity contribution in [3.05, 3.63) is 71.8 Å². The summed E-state index contributed by atoms with van der Waals surface area (Å²) in [5, 5.41) is 14.2. The molecule has 10 amide bonds. The van der Waals surface area contributed by atoms with Crippen molar-refractivity contribution in [1.29, 1.82) is 0 Å². The summed E-state index contributed by atoms with van der Waals surface area (Å²) in [4.78, 5) is 152. The van der Waals surface area contributed by atoms with E-state index in [2.05, 4.69) is 43.5 Å². The fourth-order valence-electron chi connectivity index (χ4n) is 11.4. The molecule has 0 spiro atoms. The molecule has 0 aromatic heterocycles. The predicted molar refractivity (Wildman–Crippen MR) is 361 cm³/mol. The van der Waals surface area contributed by atoms with Gasteiger partial charge in [-0.1, -0.05) is 158 Å². The van der Waals surface area contributed by atoms with E-state index < -0.39 is 107 Å². The molecule has 518 valence electrons. The third-order valence-electron chi connectivity index (χ3n) is 16.6. The summed E-state index contributed by atoms with van der Waals surface area (Å²) in [5.74, 6) is -7.63. The van der Waals surface area contributed by atoms with Crippen molar-refractivity contribution in [1.82, 2.24) is 41.3 Å². The number of nitrogens with two attached hydrogens (primary N) is 6. The van der Waals surface area contributed by atoms with Crippen molar-refractivity contribution in [3.63, 3.8) is 0 Å². The Labute approximate surface area is 550 Å². The van der Waals surface area contributed by atoms with Gasteiger partial charge in [-0.15, -0.1) is 0 Å². The number of guanidine groups is 2. The van der Waals surface area contributed by atoms with E-state index in [4.69, 9.17) is 34.4 Å². The van der Waals surface area contributed by atoms with Gasteiger partial charge < -0.3 is 75.7 Å². The highest BCUT2D eigenvalue weighted by molar-refractivity contribution is 5.99. The van der Waals surface area contributed by atoms with Crippen LogP contribution in [0.15, 0.2) is 70.6 Å². The molecule has 17 N–H and O–H groups in total. The van der Waals surface area contributed by atoms with Crippen molar-refractivity contribution in [2.75, 3.05) is 33.7 Å². The largest absolute Gasteiger partial charge is 0.370 e. The molecule has 0 aliphatic carbocycles. The van der Waals surface area contributed by atoms with Gasteiger partial charge in [-0.05, 0) is 82.3 Å². The molecule has 0 radical (unpaired) electrons. The number of carbonyl (C=O) groups excluding carboxylic acids is 10. The van der Waals surface area contributed by atoms with Crippen LogP contribution in [0.4, 0.5) is 0 Å². The first-order chi connectivity index (χ1) is 44.2. The summed E-state index contributed by atoms with van der Waals surface area (Å²) in [7, 11) is 2.66. The van der Waals surface area contributed by atoms with E-state index in [1.54, 1.807) is 68.4 Å². The molecule has 0 saturated carbocycles. The van der Waals surface area contributed by atoms with Gasteiger partial charge in [0.1, 0.15) is 47.8 Å². The molecule has 1 heterocycles. The van der Waals surface area contributed by atoms with Crippen molar-refractivity contribution in [2.24, 2.45) is 50.3 Å². The van der Waals surface area contributed by atoms with Crippen LogP contribution < -0.4 is 61.0 Å². The Balaban J connectivity index is 1.91. The fourth-order valence-corrected chi connectivity index (χ4v) is 11.4. The van der Waals surface area contributed by atoms with Crippen LogP contribution in [0.5, 0.6) is 0 Å². The highest BCUT2D eigenvalue weighted by Gasteiger charge is 2.43. The second-order valence-corrected chi connectivity index (χ2v) is 25.5. The Kier molecular flexibility index (Phi) is 35.7. The topological polar surface area (TPSA) is 421 Å². The SMILES string of the molecule is CCCCCCCCCCCCCCCC(=O)NC(C)(C)C(=O)N[C@H](Cc1ccccc1)C(=O)N[C@H](CC(C)C)C(=O)N[C@@H](Cc1ccccc1)C(=O)N(C)[C@@H](CCCN=C(N)N)C(=O)N1CCC[C@H]1C(=O)N[C@H](CCCN=C(N)N)C(=O)N(C)[C@H](CC(N)=O)C(N)=O. The number of likely N-dealkylation sites (N-methyl/N-ethyl adjacent to an activating group) is 2. The maximum Gasteiger partial charge on any atom is 0.246 e. The van der Waals surface area contributed by atoms with Gasteiger partial charge in [-0.3, -0.25) is 57.9 Å². The van der Waals surface area contributed by atoms with Gasteiger partial charge >= 0.3 is 0 Å². The van der Waals surface area contributed by atoms with Crippen LogP contribution in [0, 0.1) is 5.92 Å². The van der Waals surface area contributed by atoms with Crippen LogP contribution in [0.25, 0.3) is 0 Å².